The number of anilines is 1. The fourth-order valence-corrected chi connectivity index (χ4v) is 5.54. The number of carboxylic acid groups (broad SMARTS) is 1. The van der Waals surface area contributed by atoms with Crippen molar-refractivity contribution in [1.29, 1.82) is 0 Å². The maximum Gasteiger partial charge on any atom is 0.352 e. The number of thioether (sulfide) groups is 1. The summed E-state index contributed by atoms with van der Waals surface area (Å²) in [5.74, 6) is -0.00232. The second-order valence-electron chi connectivity index (χ2n) is 7.73. The minimum Gasteiger partial charge on any atom is -0.477 e. The van der Waals surface area contributed by atoms with E-state index in [0.717, 1.165) is 23.5 Å². The monoisotopic (exact) mass is 528 g/mol. The largest absolute Gasteiger partial charge is 0.477 e. The molecule has 2 aromatic heterocycles. The van der Waals surface area contributed by atoms with E-state index in [0.29, 0.717) is 17.9 Å². The molecule has 0 aromatic carbocycles. The molecule has 186 valence electrons. The Hall–Kier alpha value is -3.96. The van der Waals surface area contributed by atoms with Gasteiger partial charge in [-0.25, -0.2) is 9.36 Å². The Bertz CT molecular complexity index is 1320. The van der Waals surface area contributed by atoms with E-state index in [1.807, 2.05) is 36.0 Å². The molecule has 0 aliphatic carbocycles. The first-order valence-corrected chi connectivity index (χ1v) is 12.6. The van der Waals surface area contributed by atoms with Crippen LogP contribution in [0.4, 0.5) is 5.13 Å². The molecule has 14 heteroatoms. The Labute approximate surface area is 214 Å². The number of oxime groups is 1. The van der Waals surface area contributed by atoms with Crippen molar-refractivity contribution in [2.75, 3.05) is 18.1 Å². The maximum atomic E-state index is 13.0. The molecular weight excluding hydrogens is 506 g/mol. The number of terminal acetylenes is 1. The van der Waals surface area contributed by atoms with Gasteiger partial charge in [-0.15, -0.1) is 18.2 Å². The maximum absolute atomic E-state index is 13.0. The van der Waals surface area contributed by atoms with Gasteiger partial charge in [-0.05, 0) is 12.5 Å². The number of β-lactam (4-membered cyclic amide) rings is 1. The average Bonchev–Trinajstić information content (AvgIpc) is 3.30. The number of carbonyl (C=O) groups is 3. The number of fused-ring (bicyclic) bond motifs is 1. The summed E-state index contributed by atoms with van der Waals surface area (Å²) in [6.45, 7) is 2.17. The average molecular weight is 529 g/mol. The Morgan fingerprint density at radius 2 is 2.31 bits per heavy atom. The molecule has 2 aliphatic heterocycles. The van der Waals surface area contributed by atoms with Crippen LogP contribution in [-0.2, 0) is 32.2 Å². The molecule has 4 N–H and O–H groups in total. The summed E-state index contributed by atoms with van der Waals surface area (Å²) in [6.07, 6.45) is 9.80. The molecule has 2 aromatic rings. The molecule has 2 amide bonds. The molecule has 36 heavy (non-hydrogen) atoms. The van der Waals surface area contributed by atoms with Gasteiger partial charge in [0.15, 0.2) is 30.7 Å². The summed E-state index contributed by atoms with van der Waals surface area (Å²) in [4.78, 5) is 48.2. The molecular formula is C22H22N7O5S2+. The second-order valence-corrected chi connectivity index (χ2v) is 9.62. The van der Waals surface area contributed by atoms with E-state index >= 15 is 0 Å². The number of pyridine rings is 1. The van der Waals surface area contributed by atoms with Crippen molar-refractivity contribution < 1.29 is 28.9 Å². The first-order chi connectivity index (χ1) is 17.3. The van der Waals surface area contributed by atoms with E-state index in [4.69, 9.17) is 17.0 Å². The number of nitrogens with two attached hydrogens (primary N) is 1. The van der Waals surface area contributed by atoms with Crippen molar-refractivity contribution in [3.05, 3.63) is 47.2 Å². The lowest BCUT2D eigenvalue weighted by Gasteiger charge is -2.49. The van der Waals surface area contributed by atoms with E-state index in [1.165, 1.54) is 16.7 Å². The molecule has 0 spiro atoms. The van der Waals surface area contributed by atoms with Crippen LogP contribution in [0.1, 0.15) is 18.3 Å². The van der Waals surface area contributed by atoms with E-state index in [9.17, 15) is 19.5 Å². The number of aromatic nitrogens is 3. The van der Waals surface area contributed by atoms with Crippen LogP contribution in [0.25, 0.3) is 0 Å². The zero-order chi connectivity index (χ0) is 25.8. The van der Waals surface area contributed by atoms with Crippen LogP contribution < -0.4 is 15.6 Å². The van der Waals surface area contributed by atoms with Crippen LogP contribution in [0.3, 0.4) is 0 Å². The summed E-state index contributed by atoms with van der Waals surface area (Å²) < 4.78 is 5.85. The highest BCUT2D eigenvalue weighted by molar-refractivity contribution is 8.00. The van der Waals surface area contributed by atoms with Crippen molar-refractivity contribution in [3.63, 3.8) is 0 Å². The fourth-order valence-electron chi connectivity index (χ4n) is 3.77. The van der Waals surface area contributed by atoms with Crippen LogP contribution in [0, 0.1) is 12.3 Å². The van der Waals surface area contributed by atoms with Gasteiger partial charge in [-0.2, -0.15) is 9.36 Å². The van der Waals surface area contributed by atoms with Gasteiger partial charge in [0, 0.05) is 34.5 Å². The molecule has 0 saturated carbocycles. The number of carbonyl (C=O) groups excluding carboxylic acids is 2. The van der Waals surface area contributed by atoms with Crippen molar-refractivity contribution in [2.45, 2.75) is 31.3 Å². The highest BCUT2D eigenvalue weighted by Gasteiger charge is 2.54. The summed E-state index contributed by atoms with van der Waals surface area (Å²) in [5.41, 5.74) is 6.96. The quantitative estimate of drug-likeness (QED) is 0.0995. The first kappa shape index (κ1) is 25.1. The van der Waals surface area contributed by atoms with Gasteiger partial charge in [0.1, 0.15) is 17.1 Å². The molecule has 0 radical (unpaired) electrons. The lowest BCUT2D eigenvalue weighted by atomic mass is 10.0. The minimum absolute atomic E-state index is 0.0659. The minimum atomic E-state index is -1.20. The molecule has 2 atom stereocenters. The summed E-state index contributed by atoms with van der Waals surface area (Å²) in [7, 11) is 0. The third-order valence-electron chi connectivity index (χ3n) is 5.41. The van der Waals surface area contributed by atoms with Crippen LogP contribution in [-0.4, -0.2) is 66.6 Å². The number of nitrogens with one attached hydrogen (secondary N) is 1. The predicted molar refractivity (Wildman–Crippen MR) is 131 cm³/mol. The Morgan fingerprint density at radius 3 is 2.97 bits per heavy atom. The SMILES string of the molecule is C#CCON=C(C(=O)NC1C(=O)N2C(C(=O)O)=C(C[n+]3cccc(CC)c3)CS[C@H]12)c1nsc(N)n1. The molecule has 4 rings (SSSR count). The highest BCUT2D eigenvalue weighted by Crippen LogP contribution is 2.40. The van der Waals surface area contributed by atoms with Crippen molar-refractivity contribution >= 4 is 51.9 Å². The zero-order valence-electron chi connectivity index (χ0n) is 19.1. The van der Waals surface area contributed by atoms with Crippen LogP contribution in [0.15, 0.2) is 41.0 Å². The predicted octanol–water partition coefficient (Wildman–Crippen LogP) is -0.237. The Morgan fingerprint density at radius 1 is 1.50 bits per heavy atom. The van der Waals surface area contributed by atoms with Crippen LogP contribution in [0.5, 0.6) is 0 Å². The van der Waals surface area contributed by atoms with Gasteiger partial charge in [0.05, 0.1) is 0 Å². The van der Waals surface area contributed by atoms with Crippen LogP contribution in [0.2, 0.25) is 0 Å². The zero-order valence-corrected chi connectivity index (χ0v) is 20.7. The second kappa shape index (κ2) is 10.8. The molecule has 4 heterocycles. The smallest absolute Gasteiger partial charge is 0.352 e. The van der Waals surface area contributed by atoms with E-state index in [2.05, 4.69) is 25.8 Å². The van der Waals surface area contributed by atoms with E-state index in [-0.39, 0.29) is 29.0 Å². The number of amides is 2. The highest BCUT2D eigenvalue weighted by atomic mass is 32.2. The number of hydrogen-bond acceptors (Lipinski definition) is 10. The number of aliphatic carboxylic acids is 1. The third kappa shape index (κ3) is 5.02. The number of nitrogens with zero attached hydrogens (tertiary/aromatic N) is 5. The Balaban J connectivity index is 1.53. The van der Waals surface area contributed by atoms with Gasteiger partial charge in [-0.1, -0.05) is 18.0 Å². The van der Waals surface area contributed by atoms with Crippen molar-refractivity contribution in [1.82, 2.24) is 19.6 Å². The lowest BCUT2D eigenvalue weighted by molar-refractivity contribution is -0.689. The van der Waals surface area contributed by atoms with E-state index in [1.54, 1.807) is 0 Å². The van der Waals surface area contributed by atoms with Crippen molar-refractivity contribution in [2.24, 2.45) is 5.16 Å². The van der Waals surface area contributed by atoms with Crippen LogP contribution >= 0.6 is 23.3 Å². The molecule has 0 bridgehead atoms. The summed E-state index contributed by atoms with van der Waals surface area (Å²) in [5, 5.41) is 15.7. The lowest BCUT2D eigenvalue weighted by Crippen LogP contribution is -2.71. The normalized spacial score (nSPS) is 19.3. The number of hydrogen-bond donors (Lipinski definition) is 3. The molecule has 1 saturated heterocycles. The van der Waals surface area contributed by atoms with Gasteiger partial charge in [0.25, 0.3) is 11.8 Å². The number of nitrogen functional groups attached to an aromatic ring is 1. The molecule has 1 unspecified atom stereocenters. The van der Waals surface area contributed by atoms with Gasteiger partial charge in [0.2, 0.25) is 11.5 Å². The van der Waals surface area contributed by atoms with Gasteiger partial charge in [-0.3, -0.25) is 14.5 Å². The Kier molecular flexibility index (Phi) is 7.51. The fraction of sp³-hybridized carbons (Fsp3) is 0.318. The molecule has 12 nitrogen and oxygen atoms in total. The van der Waals surface area contributed by atoms with Gasteiger partial charge < -0.3 is 21.0 Å². The first-order valence-electron chi connectivity index (χ1n) is 10.8. The molecule has 2 aliphatic rings. The summed E-state index contributed by atoms with van der Waals surface area (Å²) in [6, 6.07) is 2.92. The summed E-state index contributed by atoms with van der Waals surface area (Å²) >= 11 is 2.23. The van der Waals surface area contributed by atoms with Gasteiger partial charge >= 0.3 is 5.97 Å². The van der Waals surface area contributed by atoms with Crippen molar-refractivity contribution in [3.8, 4) is 12.3 Å². The van der Waals surface area contributed by atoms with E-state index < -0.39 is 29.2 Å². The topological polar surface area (TPSA) is 164 Å². The third-order valence-corrected chi connectivity index (χ3v) is 7.29. The molecule has 1 fully saturated rings. The standard InChI is InChI=1S/C22H21N7O5S2/c1-3-8-34-26-14(17-25-22(23)36-27-17)18(30)24-15-19(31)29-16(21(32)33)13(11-35-20(15)29)10-28-7-5-6-12(4-2)9-28/h1,5-7,9,15,20H,4,8,10-11H2,2H3,(H3-,23,24,25,27,30,32,33)/p+1/t15?,20-/m1/s1. The number of rotatable bonds is 9. The number of carboxylic acids is 1. The number of aryl methyl sites for hydroxylation is 1.